The maximum absolute atomic E-state index is 10.7. The van der Waals surface area contributed by atoms with Gasteiger partial charge in [-0.2, -0.15) is 0 Å². The Kier molecular flexibility index (Phi) is 11.3. The molecule has 0 aliphatic rings. The van der Waals surface area contributed by atoms with Gasteiger partial charge in [0, 0.05) is 0 Å². The predicted molar refractivity (Wildman–Crippen MR) is 57.9 cm³/mol. The van der Waals surface area contributed by atoms with Crippen LogP contribution in [0.25, 0.3) is 0 Å². The van der Waals surface area contributed by atoms with Crippen LogP contribution in [0, 0.1) is 0 Å². The van der Waals surface area contributed by atoms with Gasteiger partial charge in [-0.1, -0.05) is 45.0 Å². The van der Waals surface area contributed by atoms with Crippen LogP contribution in [0.1, 0.15) is 37.8 Å². The van der Waals surface area contributed by atoms with Gasteiger partial charge in [0.25, 0.3) is 0 Å². The Bertz CT molecular complexity index is 421. The van der Waals surface area contributed by atoms with Crippen molar-refractivity contribution in [2.75, 3.05) is 0 Å². The third kappa shape index (κ3) is 6.82. The standard InChI is InChI=1S/C13H16O4.2K/c1-13(2,3)9-6-4-8(5-7-9)10(11(14)15)12(16)17;;/h4-7,10H,1-3H3,(H,14,15)(H,16,17);;/q;2*+1/p-2. The molecule has 0 aliphatic carbocycles. The summed E-state index contributed by atoms with van der Waals surface area (Å²) in [6.45, 7) is 6.03. The average Bonchev–Trinajstić information content (AvgIpc) is 2.15. The second-order valence-corrected chi connectivity index (χ2v) is 4.94. The second-order valence-electron chi connectivity index (χ2n) is 4.94. The van der Waals surface area contributed by atoms with Crippen molar-refractivity contribution >= 4 is 11.9 Å². The van der Waals surface area contributed by atoms with Crippen LogP contribution in [0.15, 0.2) is 24.3 Å². The maximum atomic E-state index is 10.7. The fourth-order valence-electron chi connectivity index (χ4n) is 1.54. The molecular weight excluding hydrogens is 298 g/mol. The Morgan fingerprint density at radius 2 is 1.32 bits per heavy atom. The normalized spacial score (nSPS) is 10.3. The molecule has 0 atom stereocenters. The second kappa shape index (κ2) is 9.45. The molecule has 92 valence electrons. The molecule has 0 radical (unpaired) electrons. The van der Waals surface area contributed by atoms with Gasteiger partial charge in [0.15, 0.2) is 0 Å². The van der Waals surface area contributed by atoms with E-state index in [-0.39, 0.29) is 114 Å². The van der Waals surface area contributed by atoms with Gasteiger partial charge in [-0.25, -0.2) is 0 Å². The Morgan fingerprint density at radius 3 is 1.58 bits per heavy atom. The van der Waals surface area contributed by atoms with Crippen molar-refractivity contribution in [3.63, 3.8) is 0 Å². The number of carbonyl (C=O) groups excluding carboxylic acids is 2. The third-order valence-corrected chi connectivity index (χ3v) is 2.58. The number of carbonyl (C=O) groups is 2. The molecule has 0 unspecified atom stereocenters. The van der Waals surface area contributed by atoms with Gasteiger partial charge < -0.3 is 19.8 Å². The van der Waals surface area contributed by atoms with E-state index < -0.39 is 17.9 Å². The van der Waals surface area contributed by atoms with Crippen molar-refractivity contribution in [2.24, 2.45) is 0 Å². The molecule has 0 fully saturated rings. The number of benzene rings is 1. The number of aliphatic carboxylic acids is 2. The van der Waals surface area contributed by atoms with Crippen molar-refractivity contribution in [1.82, 2.24) is 0 Å². The fourth-order valence-corrected chi connectivity index (χ4v) is 1.54. The Labute approximate surface area is 198 Å². The maximum Gasteiger partial charge on any atom is 1.00 e. The first-order valence-electron chi connectivity index (χ1n) is 5.25. The monoisotopic (exact) mass is 312 g/mol. The van der Waals surface area contributed by atoms with E-state index in [9.17, 15) is 19.8 Å². The zero-order valence-electron chi connectivity index (χ0n) is 12.0. The summed E-state index contributed by atoms with van der Waals surface area (Å²) in [7, 11) is 0. The largest absolute Gasteiger partial charge is 1.00 e. The summed E-state index contributed by atoms with van der Waals surface area (Å²) in [6, 6.07) is 6.40. The van der Waals surface area contributed by atoms with Crippen molar-refractivity contribution < 1.29 is 123 Å². The van der Waals surface area contributed by atoms with Crippen molar-refractivity contribution in [3.8, 4) is 0 Å². The molecule has 1 aromatic carbocycles. The third-order valence-electron chi connectivity index (χ3n) is 2.58. The van der Waals surface area contributed by atoms with Gasteiger partial charge in [-0.05, 0) is 16.5 Å². The molecule has 0 heterocycles. The Morgan fingerprint density at radius 1 is 0.947 bits per heavy atom. The zero-order chi connectivity index (χ0) is 13.2. The van der Waals surface area contributed by atoms with E-state index in [1.165, 1.54) is 12.1 Å². The molecule has 0 amide bonds. The molecule has 19 heavy (non-hydrogen) atoms. The molecule has 0 spiro atoms. The minimum Gasteiger partial charge on any atom is -0.549 e. The number of hydrogen-bond acceptors (Lipinski definition) is 4. The van der Waals surface area contributed by atoms with Crippen molar-refractivity contribution in [2.45, 2.75) is 32.1 Å². The fraction of sp³-hybridized carbons (Fsp3) is 0.385. The Hall–Kier alpha value is 1.43. The van der Waals surface area contributed by atoms with Gasteiger partial charge in [0.1, 0.15) is 0 Å². The van der Waals surface area contributed by atoms with E-state index in [1.807, 2.05) is 20.8 Å². The van der Waals surface area contributed by atoms with Crippen LogP contribution in [0.3, 0.4) is 0 Å². The van der Waals surface area contributed by atoms with E-state index in [4.69, 9.17) is 0 Å². The SMILES string of the molecule is CC(C)(C)c1ccc(C(C(=O)[O-])C(=O)[O-])cc1.[K+].[K+]. The van der Waals surface area contributed by atoms with Crippen LogP contribution >= 0.6 is 0 Å². The predicted octanol–water partition coefficient (Wildman–Crippen LogP) is -6.42. The van der Waals surface area contributed by atoms with Crippen LogP contribution in [0.5, 0.6) is 0 Å². The molecule has 0 bridgehead atoms. The molecule has 1 aromatic rings. The minimum atomic E-state index is -1.72. The van der Waals surface area contributed by atoms with Crippen LogP contribution in [-0.4, -0.2) is 11.9 Å². The molecule has 1 rings (SSSR count). The van der Waals surface area contributed by atoms with Gasteiger partial charge in [0.05, 0.1) is 17.9 Å². The van der Waals surface area contributed by atoms with Crippen molar-refractivity contribution in [1.29, 1.82) is 0 Å². The summed E-state index contributed by atoms with van der Waals surface area (Å²) in [6.07, 6.45) is 0. The van der Waals surface area contributed by atoms with Crippen LogP contribution in [0.4, 0.5) is 0 Å². The minimum absolute atomic E-state index is 0. The summed E-state index contributed by atoms with van der Waals surface area (Å²) < 4.78 is 0. The average molecular weight is 312 g/mol. The van der Waals surface area contributed by atoms with Gasteiger partial charge in [0.2, 0.25) is 0 Å². The number of hydrogen-bond donors (Lipinski definition) is 0. The van der Waals surface area contributed by atoms with E-state index >= 15 is 0 Å². The van der Waals surface area contributed by atoms with Crippen LogP contribution in [-0.2, 0) is 15.0 Å². The van der Waals surface area contributed by atoms with Gasteiger partial charge >= 0.3 is 103 Å². The topological polar surface area (TPSA) is 80.3 Å². The summed E-state index contributed by atoms with van der Waals surface area (Å²) in [5.41, 5.74) is 1.09. The van der Waals surface area contributed by atoms with E-state index in [0.29, 0.717) is 0 Å². The smallest absolute Gasteiger partial charge is 0.549 e. The summed E-state index contributed by atoms with van der Waals surface area (Å²) >= 11 is 0. The first kappa shape index (κ1) is 22.7. The van der Waals surface area contributed by atoms with Gasteiger partial charge in [-0.3, -0.25) is 0 Å². The zero-order valence-corrected chi connectivity index (χ0v) is 18.3. The summed E-state index contributed by atoms with van der Waals surface area (Å²) in [5.74, 6) is -5.04. The molecule has 0 aromatic heterocycles. The molecule has 0 aliphatic heterocycles. The van der Waals surface area contributed by atoms with E-state index in [2.05, 4.69) is 0 Å². The molecule has 0 saturated carbocycles. The number of carboxylic acids is 2. The molecule has 0 N–H and O–H groups in total. The molecule has 6 heteroatoms. The quantitative estimate of drug-likeness (QED) is 0.411. The van der Waals surface area contributed by atoms with E-state index in [1.54, 1.807) is 12.1 Å². The summed E-state index contributed by atoms with van der Waals surface area (Å²) in [4.78, 5) is 21.4. The molecular formula is C13H14K2O4. The summed E-state index contributed by atoms with van der Waals surface area (Å²) in [5, 5.41) is 21.4. The van der Waals surface area contributed by atoms with Gasteiger partial charge in [-0.15, -0.1) is 0 Å². The number of rotatable bonds is 3. The van der Waals surface area contributed by atoms with E-state index in [0.717, 1.165) is 5.56 Å². The molecule has 4 nitrogen and oxygen atoms in total. The van der Waals surface area contributed by atoms with Crippen molar-refractivity contribution in [3.05, 3.63) is 35.4 Å². The van der Waals surface area contributed by atoms with Crippen LogP contribution < -0.4 is 113 Å². The Balaban J connectivity index is 0. The van der Waals surface area contributed by atoms with Crippen LogP contribution in [0.2, 0.25) is 0 Å². The first-order valence-corrected chi connectivity index (χ1v) is 5.25. The number of carboxylic acid groups (broad SMARTS) is 2. The molecule has 0 saturated heterocycles. The first-order chi connectivity index (χ1) is 7.73.